The lowest BCUT2D eigenvalue weighted by Gasteiger charge is -2.11. The molecule has 2 N–H and O–H groups in total. The van der Waals surface area contributed by atoms with E-state index in [1.165, 1.54) is 7.11 Å². The molecule has 0 saturated heterocycles. The van der Waals surface area contributed by atoms with Gasteiger partial charge in [0, 0.05) is 11.9 Å². The van der Waals surface area contributed by atoms with E-state index in [0.717, 1.165) is 16.2 Å². The number of nitrogens with two attached hydrogens (primary N) is 1. The third-order valence-electron chi connectivity index (χ3n) is 4.31. The molecule has 3 heterocycles. The molecule has 140 valence electrons. The van der Waals surface area contributed by atoms with Gasteiger partial charge in [0.2, 0.25) is 0 Å². The molecule has 0 atom stereocenters. The summed E-state index contributed by atoms with van der Waals surface area (Å²) in [6.45, 7) is 0. The van der Waals surface area contributed by atoms with Gasteiger partial charge in [-0.2, -0.15) is 0 Å². The lowest BCUT2D eigenvalue weighted by atomic mass is 10.2. The molecule has 3 aromatic heterocycles. The fourth-order valence-corrected chi connectivity index (χ4v) is 3.33. The van der Waals surface area contributed by atoms with Crippen molar-refractivity contribution in [2.24, 2.45) is 0 Å². The minimum atomic E-state index is -0.387. The minimum Gasteiger partial charge on any atom is -0.465 e. The van der Waals surface area contributed by atoms with Crippen molar-refractivity contribution in [3.63, 3.8) is 0 Å². The Morgan fingerprint density at radius 1 is 1.11 bits per heavy atom. The molecule has 0 amide bonds. The van der Waals surface area contributed by atoms with Crippen molar-refractivity contribution >= 4 is 34.7 Å². The summed E-state index contributed by atoms with van der Waals surface area (Å²) in [6, 6.07) is 14.6. The molecule has 0 aliphatic carbocycles. The Labute approximate surface area is 165 Å². The van der Waals surface area contributed by atoms with Crippen LogP contribution in [0.3, 0.4) is 0 Å². The molecule has 7 nitrogen and oxygen atoms in total. The number of rotatable bonds is 4. The van der Waals surface area contributed by atoms with Crippen molar-refractivity contribution in [1.29, 1.82) is 0 Å². The molecular weight excluding hydrogens is 374 g/mol. The Hall–Kier alpha value is -3.39. The van der Waals surface area contributed by atoms with Crippen LogP contribution in [0.4, 0.5) is 5.82 Å². The summed E-state index contributed by atoms with van der Waals surface area (Å²) in [5.74, 6) is 0.633. The van der Waals surface area contributed by atoms with E-state index in [9.17, 15) is 4.79 Å². The maximum atomic E-state index is 11.8. The van der Waals surface area contributed by atoms with Gasteiger partial charge in [0.15, 0.2) is 11.5 Å². The minimum absolute atomic E-state index is 0.385. The summed E-state index contributed by atoms with van der Waals surface area (Å²) in [5.41, 5.74) is 9.54. The standard InChI is InChI=1S/C20H17N5O2S/c1-27-20(26)12-5-7-13(8-6-12)25-18(14-4-3-11-22-17(14)21)23-15-9-10-16(28-2)24-19(15)25/h3-11H,1-2H3,(H2,21,22). The van der Waals surface area contributed by atoms with E-state index in [4.69, 9.17) is 20.4 Å². The van der Waals surface area contributed by atoms with Crippen LogP contribution in [0.25, 0.3) is 28.2 Å². The van der Waals surface area contributed by atoms with Gasteiger partial charge < -0.3 is 10.5 Å². The smallest absolute Gasteiger partial charge is 0.337 e. The van der Waals surface area contributed by atoms with Crippen molar-refractivity contribution in [2.45, 2.75) is 5.03 Å². The zero-order chi connectivity index (χ0) is 19.7. The molecule has 0 fully saturated rings. The second-order valence-corrected chi connectivity index (χ2v) is 6.77. The molecule has 28 heavy (non-hydrogen) atoms. The van der Waals surface area contributed by atoms with Gasteiger partial charge in [-0.05, 0) is 54.8 Å². The Morgan fingerprint density at radius 3 is 2.57 bits per heavy atom. The number of nitrogen functional groups attached to an aromatic ring is 1. The SMILES string of the molecule is COC(=O)c1ccc(-n2c(-c3cccnc3N)nc3ccc(SC)nc32)cc1. The van der Waals surface area contributed by atoms with E-state index >= 15 is 0 Å². The number of imidazole rings is 1. The Morgan fingerprint density at radius 2 is 1.89 bits per heavy atom. The fourth-order valence-electron chi connectivity index (χ4n) is 2.95. The van der Waals surface area contributed by atoms with Crippen LogP contribution < -0.4 is 5.73 Å². The molecule has 0 aliphatic heterocycles. The molecule has 0 unspecified atom stereocenters. The summed E-state index contributed by atoms with van der Waals surface area (Å²) in [7, 11) is 1.36. The highest BCUT2D eigenvalue weighted by atomic mass is 32.2. The van der Waals surface area contributed by atoms with Crippen LogP contribution in [-0.2, 0) is 4.74 Å². The summed E-state index contributed by atoms with van der Waals surface area (Å²) in [6.07, 6.45) is 3.61. The van der Waals surface area contributed by atoms with Crippen molar-refractivity contribution in [3.05, 3.63) is 60.3 Å². The molecular formula is C20H17N5O2S. The molecule has 0 aliphatic rings. The Kier molecular flexibility index (Phi) is 4.70. The Balaban J connectivity index is 1.98. The number of hydrogen-bond acceptors (Lipinski definition) is 7. The van der Waals surface area contributed by atoms with E-state index < -0.39 is 0 Å². The number of carbonyl (C=O) groups is 1. The topological polar surface area (TPSA) is 95.9 Å². The monoisotopic (exact) mass is 391 g/mol. The van der Waals surface area contributed by atoms with Gasteiger partial charge in [0.25, 0.3) is 0 Å². The lowest BCUT2D eigenvalue weighted by Crippen LogP contribution is -2.04. The number of esters is 1. The number of aromatic nitrogens is 4. The molecule has 0 radical (unpaired) electrons. The van der Waals surface area contributed by atoms with Crippen molar-refractivity contribution < 1.29 is 9.53 Å². The highest BCUT2D eigenvalue weighted by Crippen LogP contribution is 2.31. The Bertz CT molecular complexity index is 1170. The summed E-state index contributed by atoms with van der Waals surface area (Å²) in [4.78, 5) is 25.4. The van der Waals surface area contributed by atoms with Gasteiger partial charge >= 0.3 is 5.97 Å². The van der Waals surface area contributed by atoms with E-state index in [1.54, 1.807) is 30.1 Å². The van der Waals surface area contributed by atoms with Gasteiger partial charge in [-0.1, -0.05) is 0 Å². The summed E-state index contributed by atoms with van der Waals surface area (Å²) in [5, 5.41) is 0.880. The number of methoxy groups -OCH3 is 1. The third kappa shape index (κ3) is 3.07. The van der Waals surface area contributed by atoms with Crippen LogP contribution in [0.1, 0.15) is 10.4 Å². The molecule has 0 saturated carbocycles. The molecule has 0 spiro atoms. The number of nitrogens with zero attached hydrogens (tertiary/aromatic N) is 4. The predicted molar refractivity (Wildman–Crippen MR) is 110 cm³/mol. The second-order valence-electron chi connectivity index (χ2n) is 5.94. The number of anilines is 1. The summed E-state index contributed by atoms with van der Waals surface area (Å²) >= 11 is 1.55. The van der Waals surface area contributed by atoms with E-state index in [-0.39, 0.29) is 5.97 Å². The van der Waals surface area contributed by atoms with Gasteiger partial charge in [0.05, 0.1) is 23.3 Å². The lowest BCUT2D eigenvalue weighted by molar-refractivity contribution is 0.0601. The van der Waals surface area contributed by atoms with Crippen LogP contribution in [0.15, 0.2) is 59.8 Å². The van der Waals surface area contributed by atoms with Crippen LogP contribution in [0.5, 0.6) is 0 Å². The summed E-state index contributed by atoms with van der Waals surface area (Å²) < 4.78 is 6.70. The van der Waals surface area contributed by atoms with Crippen molar-refractivity contribution in [3.8, 4) is 17.1 Å². The number of hydrogen-bond donors (Lipinski definition) is 1. The average molecular weight is 391 g/mol. The van der Waals surface area contributed by atoms with Crippen LogP contribution >= 0.6 is 11.8 Å². The normalized spacial score (nSPS) is 10.9. The van der Waals surface area contributed by atoms with Gasteiger partial charge in [-0.3, -0.25) is 4.57 Å². The molecule has 4 rings (SSSR count). The number of thioether (sulfide) groups is 1. The van der Waals surface area contributed by atoms with E-state index in [1.807, 2.05) is 47.2 Å². The van der Waals surface area contributed by atoms with E-state index in [0.29, 0.717) is 28.4 Å². The zero-order valence-electron chi connectivity index (χ0n) is 15.3. The first-order valence-electron chi connectivity index (χ1n) is 8.45. The third-order valence-corrected chi connectivity index (χ3v) is 4.96. The molecule has 1 aromatic carbocycles. The van der Waals surface area contributed by atoms with Gasteiger partial charge in [0.1, 0.15) is 11.3 Å². The maximum Gasteiger partial charge on any atom is 0.337 e. The average Bonchev–Trinajstić information content (AvgIpc) is 3.11. The number of fused-ring (bicyclic) bond motifs is 1. The first-order chi connectivity index (χ1) is 13.6. The maximum absolute atomic E-state index is 11.8. The van der Waals surface area contributed by atoms with Crippen molar-refractivity contribution in [2.75, 3.05) is 19.1 Å². The second kappa shape index (κ2) is 7.32. The highest BCUT2D eigenvalue weighted by molar-refractivity contribution is 7.98. The van der Waals surface area contributed by atoms with Gasteiger partial charge in [-0.25, -0.2) is 19.7 Å². The number of carbonyl (C=O) groups excluding carboxylic acids is 1. The first kappa shape index (κ1) is 18.0. The molecule has 4 aromatic rings. The largest absolute Gasteiger partial charge is 0.465 e. The first-order valence-corrected chi connectivity index (χ1v) is 9.68. The van der Waals surface area contributed by atoms with Crippen LogP contribution in [-0.4, -0.2) is 38.9 Å². The van der Waals surface area contributed by atoms with Crippen molar-refractivity contribution in [1.82, 2.24) is 19.5 Å². The highest BCUT2D eigenvalue weighted by Gasteiger charge is 2.18. The number of benzene rings is 1. The predicted octanol–water partition coefficient (Wildman–Crippen LogP) is 3.57. The number of pyridine rings is 2. The van der Waals surface area contributed by atoms with Crippen LogP contribution in [0.2, 0.25) is 0 Å². The molecule has 0 bridgehead atoms. The van der Waals surface area contributed by atoms with Crippen LogP contribution in [0, 0.1) is 0 Å². The van der Waals surface area contributed by atoms with E-state index in [2.05, 4.69) is 4.98 Å². The fraction of sp³-hybridized carbons (Fsp3) is 0.100. The van der Waals surface area contributed by atoms with Gasteiger partial charge in [-0.15, -0.1) is 11.8 Å². The quantitative estimate of drug-likeness (QED) is 0.420. The number of ether oxygens (including phenoxy) is 1. The molecule has 8 heteroatoms. The zero-order valence-corrected chi connectivity index (χ0v) is 16.1.